The highest BCUT2D eigenvalue weighted by molar-refractivity contribution is 6.05. The topological polar surface area (TPSA) is 63.6 Å². The van der Waals surface area contributed by atoms with E-state index in [2.05, 4.69) is 0 Å². The summed E-state index contributed by atoms with van der Waals surface area (Å²) in [5, 5.41) is 9.13. The molecule has 0 aliphatic heterocycles. The van der Waals surface area contributed by atoms with Gasteiger partial charge in [0.2, 0.25) is 0 Å². The van der Waals surface area contributed by atoms with Gasteiger partial charge in [-0.3, -0.25) is 9.59 Å². The number of carbonyl (C=O) groups is 2. The Hall–Kier alpha value is -0.900. The van der Waals surface area contributed by atoms with Gasteiger partial charge in [-0.15, -0.1) is 0 Å². The van der Waals surface area contributed by atoms with E-state index in [4.69, 9.17) is 9.84 Å². The minimum atomic E-state index is -1.28. The molecule has 0 aromatic carbocycles. The maximum Gasteiger partial charge on any atom is 0.319 e. The monoisotopic (exact) mass is 200 g/mol. The predicted octanol–water partition coefficient (Wildman–Crippen LogP) is 1.24. The van der Waals surface area contributed by atoms with Gasteiger partial charge in [0.25, 0.3) is 0 Å². The number of ketones is 1. The zero-order valence-corrected chi connectivity index (χ0v) is 8.58. The SMILES string of the molecule is CCOC(C)C1(C(=O)O)CCCC1=O. The van der Waals surface area contributed by atoms with Gasteiger partial charge in [0.15, 0.2) is 11.2 Å². The number of Topliss-reactive ketones (excluding diaryl/α,β-unsaturated/α-hetero) is 1. The fraction of sp³-hybridized carbons (Fsp3) is 0.800. The Morgan fingerprint density at radius 2 is 2.36 bits per heavy atom. The van der Waals surface area contributed by atoms with Gasteiger partial charge in [0.05, 0.1) is 6.10 Å². The van der Waals surface area contributed by atoms with Gasteiger partial charge in [0.1, 0.15) is 0 Å². The minimum absolute atomic E-state index is 0.189. The van der Waals surface area contributed by atoms with E-state index in [-0.39, 0.29) is 5.78 Å². The van der Waals surface area contributed by atoms with Crippen molar-refractivity contribution in [2.75, 3.05) is 6.61 Å². The molecule has 1 aliphatic rings. The van der Waals surface area contributed by atoms with E-state index >= 15 is 0 Å². The van der Waals surface area contributed by atoms with Crippen LogP contribution in [-0.4, -0.2) is 29.6 Å². The summed E-state index contributed by atoms with van der Waals surface area (Å²) in [7, 11) is 0. The summed E-state index contributed by atoms with van der Waals surface area (Å²) in [6.45, 7) is 3.90. The van der Waals surface area contributed by atoms with Crippen LogP contribution in [0.1, 0.15) is 33.1 Å². The highest BCUT2D eigenvalue weighted by Crippen LogP contribution is 2.39. The molecule has 4 heteroatoms. The molecule has 2 atom stereocenters. The molecule has 1 fully saturated rings. The first kappa shape index (κ1) is 11.2. The fourth-order valence-electron chi connectivity index (χ4n) is 2.11. The van der Waals surface area contributed by atoms with E-state index in [1.807, 2.05) is 0 Å². The second-order valence-corrected chi connectivity index (χ2v) is 3.65. The molecule has 1 rings (SSSR count). The number of carboxylic acids is 1. The lowest BCUT2D eigenvalue weighted by Crippen LogP contribution is -2.45. The summed E-state index contributed by atoms with van der Waals surface area (Å²) in [5.74, 6) is -1.23. The van der Waals surface area contributed by atoms with Crippen molar-refractivity contribution in [1.29, 1.82) is 0 Å². The molecule has 0 heterocycles. The smallest absolute Gasteiger partial charge is 0.319 e. The minimum Gasteiger partial charge on any atom is -0.480 e. The third kappa shape index (κ3) is 1.54. The maximum absolute atomic E-state index is 11.6. The Labute approximate surface area is 83.2 Å². The predicted molar refractivity (Wildman–Crippen MR) is 50.0 cm³/mol. The van der Waals surface area contributed by atoms with E-state index in [0.717, 1.165) is 0 Å². The lowest BCUT2D eigenvalue weighted by molar-refractivity contribution is -0.163. The number of rotatable bonds is 4. The van der Waals surface area contributed by atoms with Crippen molar-refractivity contribution in [3.8, 4) is 0 Å². The Morgan fingerprint density at radius 1 is 1.71 bits per heavy atom. The van der Waals surface area contributed by atoms with Gasteiger partial charge >= 0.3 is 5.97 Å². The molecule has 2 unspecified atom stereocenters. The van der Waals surface area contributed by atoms with Gasteiger partial charge in [-0.25, -0.2) is 0 Å². The van der Waals surface area contributed by atoms with Gasteiger partial charge < -0.3 is 9.84 Å². The second-order valence-electron chi connectivity index (χ2n) is 3.65. The van der Waals surface area contributed by atoms with Crippen LogP contribution in [-0.2, 0) is 14.3 Å². The standard InChI is InChI=1S/C10H16O4/c1-3-14-7(2)10(9(12)13)6-4-5-8(10)11/h7H,3-6H2,1-2H3,(H,12,13). The van der Waals surface area contributed by atoms with Gasteiger partial charge in [0, 0.05) is 13.0 Å². The third-order valence-corrected chi connectivity index (χ3v) is 2.96. The number of ether oxygens (including phenoxy) is 1. The van der Waals surface area contributed by atoms with E-state index < -0.39 is 17.5 Å². The fourth-order valence-corrected chi connectivity index (χ4v) is 2.11. The average molecular weight is 200 g/mol. The lowest BCUT2D eigenvalue weighted by atomic mass is 9.80. The Bertz CT molecular complexity index is 249. The van der Waals surface area contributed by atoms with Crippen LogP contribution in [0.25, 0.3) is 0 Å². The van der Waals surface area contributed by atoms with Crippen molar-refractivity contribution in [2.45, 2.75) is 39.2 Å². The molecule has 1 aliphatic carbocycles. The van der Waals surface area contributed by atoms with E-state index in [1.165, 1.54) is 0 Å². The van der Waals surface area contributed by atoms with Crippen molar-refractivity contribution >= 4 is 11.8 Å². The summed E-state index contributed by atoms with van der Waals surface area (Å²) in [5.41, 5.74) is -1.28. The number of carbonyl (C=O) groups excluding carboxylic acids is 1. The van der Waals surface area contributed by atoms with E-state index in [1.54, 1.807) is 13.8 Å². The van der Waals surface area contributed by atoms with Crippen molar-refractivity contribution in [3.05, 3.63) is 0 Å². The van der Waals surface area contributed by atoms with Gasteiger partial charge in [-0.1, -0.05) is 0 Å². The summed E-state index contributed by atoms with van der Waals surface area (Å²) in [6.07, 6.45) is 0.897. The highest BCUT2D eigenvalue weighted by atomic mass is 16.5. The van der Waals surface area contributed by atoms with Crippen LogP contribution in [0.2, 0.25) is 0 Å². The lowest BCUT2D eigenvalue weighted by Gasteiger charge is -2.28. The molecule has 0 spiro atoms. The third-order valence-electron chi connectivity index (χ3n) is 2.96. The first-order valence-corrected chi connectivity index (χ1v) is 4.94. The zero-order valence-electron chi connectivity index (χ0n) is 8.58. The summed E-state index contributed by atoms with van der Waals surface area (Å²) in [6, 6.07) is 0. The van der Waals surface area contributed by atoms with Crippen LogP contribution in [0.4, 0.5) is 0 Å². The molecule has 0 aromatic heterocycles. The van der Waals surface area contributed by atoms with Crippen LogP contribution >= 0.6 is 0 Å². The number of hydrogen-bond acceptors (Lipinski definition) is 3. The molecule has 1 saturated carbocycles. The van der Waals surface area contributed by atoms with Crippen molar-refractivity contribution in [2.24, 2.45) is 5.41 Å². The van der Waals surface area contributed by atoms with Crippen molar-refractivity contribution in [3.63, 3.8) is 0 Å². The van der Waals surface area contributed by atoms with Crippen molar-refractivity contribution < 1.29 is 19.4 Å². The molecule has 0 radical (unpaired) electrons. The first-order chi connectivity index (χ1) is 6.55. The second kappa shape index (κ2) is 4.09. The molecule has 80 valence electrons. The molecule has 0 bridgehead atoms. The number of carboxylic acid groups (broad SMARTS) is 1. The number of aliphatic carboxylic acids is 1. The van der Waals surface area contributed by atoms with E-state index in [9.17, 15) is 9.59 Å². The van der Waals surface area contributed by atoms with Crippen LogP contribution < -0.4 is 0 Å². The van der Waals surface area contributed by atoms with Crippen LogP contribution in [0, 0.1) is 5.41 Å². The van der Waals surface area contributed by atoms with Gasteiger partial charge in [-0.2, -0.15) is 0 Å². The Balaban J connectivity index is 2.92. The Morgan fingerprint density at radius 3 is 2.71 bits per heavy atom. The average Bonchev–Trinajstić information content (AvgIpc) is 2.48. The van der Waals surface area contributed by atoms with Crippen LogP contribution in [0.3, 0.4) is 0 Å². The molecule has 14 heavy (non-hydrogen) atoms. The molecule has 4 nitrogen and oxygen atoms in total. The van der Waals surface area contributed by atoms with Crippen molar-refractivity contribution in [1.82, 2.24) is 0 Å². The molecular weight excluding hydrogens is 184 g/mol. The zero-order chi connectivity index (χ0) is 10.8. The molecule has 0 aromatic rings. The van der Waals surface area contributed by atoms with Crippen LogP contribution in [0.5, 0.6) is 0 Å². The molecule has 0 amide bonds. The number of hydrogen-bond donors (Lipinski definition) is 1. The largest absolute Gasteiger partial charge is 0.480 e. The molecule has 1 N–H and O–H groups in total. The summed E-state index contributed by atoms with van der Waals surface area (Å²) in [4.78, 5) is 22.7. The quantitative estimate of drug-likeness (QED) is 0.693. The van der Waals surface area contributed by atoms with Gasteiger partial charge in [-0.05, 0) is 26.7 Å². The molecule has 0 saturated heterocycles. The normalized spacial score (nSPS) is 29.1. The van der Waals surface area contributed by atoms with Crippen LogP contribution in [0.15, 0.2) is 0 Å². The Kier molecular flexibility index (Phi) is 3.26. The highest BCUT2D eigenvalue weighted by Gasteiger charge is 2.53. The maximum atomic E-state index is 11.6. The summed E-state index contributed by atoms with van der Waals surface area (Å²) < 4.78 is 5.26. The summed E-state index contributed by atoms with van der Waals surface area (Å²) >= 11 is 0. The first-order valence-electron chi connectivity index (χ1n) is 4.94. The molecular formula is C10H16O4. The van der Waals surface area contributed by atoms with E-state index in [0.29, 0.717) is 25.9 Å².